The molecule has 190 valence electrons. The smallest absolute Gasteiger partial charge is 0.243 e. The Morgan fingerprint density at radius 2 is 1.72 bits per heavy atom. The molecule has 3 aromatic rings. The van der Waals surface area contributed by atoms with Crippen molar-refractivity contribution in [3.8, 4) is 0 Å². The molecule has 0 aliphatic carbocycles. The molecular weight excluding hydrogens is 563 g/mol. The first-order valence-electron chi connectivity index (χ1n) is 11.6. The molecule has 3 aromatic carbocycles. The van der Waals surface area contributed by atoms with Gasteiger partial charge in [0.15, 0.2) is 0 Å². The highest BCUT2D eigenvalue weighted by molar-refractivity contribution is 9.10. The molecule has 36 heavy (non-hydrogen) atoms. The topological polar surface area (TPSA) is 49.4 Å². The van der Waals surface area contributed by atoms with Crippen molar-refractivity contribution in [2.75, 3.05) is 5.75 Å². The van der Waals surface area contributed by atoms with Gasteiger partial charge >= 0.3 is 0 Å². The Labute approximate surface area is 229 Å². The molecule has 3 rings (SSSR count). The monoisotopic (exact) mass is 590 g/mol. The summed E-state index contributed by atoms with van der Waals surface area (Å²) in [5.74, 6) is -0.471. The van der Waals surface area contributed by atoms with Crippen molar-refractivity contribution in [1.82, 2.24) is 10.2 Å². The van der Waals surface area contributed by atoms with Crippen LogP contribution in [-0.4, -0.2) is 34.6 Å². The Bertz CT molecular complexity index is 1160. The molecule has 0 radical (unpaired) electrons. The van der Waals surface area contributed by atoms with Crippen molar-refractivity contribution >= 4 is 51.1 Å². The van der Waals surface area contributed by atoms with Crippen LogP contribution in [0.5, 0.6) is 0 Å². The van der Waals surface area contributed by atoms with Gasteiger partial charge in [-0.05, 0) is 49.2 Å². The van der Waals surface area contributed by atoms with E-state index >= 15 is 0 Å². The van der Waals surface area contributed by atoms with E-state index in [1.165, 1.54) is 17.8 Å². The maximum Gasteiger partial charge on any atom is 0.243 e. The highest BCUT2D eigenvalue weighted by Crippen LogP contribution is 2.25. The Morgan fingerprint density at radius 3 is 2.39 bits per heavy atom. The number of halogens is 3. The summed E-state index contributed by atoms with van der Waals surface area (Å²) in [5, 5.41) is 3.31. The molecule has 0 unspecified atom stereocenters. The summed E-state index contributed by atoms with van der Waals surface area (Å²) in [6.07, 6.45) is 0.378. The average Bonchev–Trinajstić information content (AvgIpc) is 2.83. The van der Waals surface area contributed by atoms with Crippen LogP contribution in [0, 0.1) is 5.82 Å². The zero-order valence-corrected chi connectivity index (χ0v) is 23.4. The first-order valence-corrected chi connectivity index (χ1v) is 14.0. The summed E-state index contributed by atoms with van der Waals surface area (Å²) in [4.78, 5) is 28.6. The van der Waals surface area contributed by atoms with Crippen molar-refractivity contribution in [3.05, 3.63) is 105 Å². The molecule has 0 aromatic heterocycles. The molecule has 0 spiro atoms. The summed E-state index contributed by atoms with van der Waals surface area (Å²) < 4.78 is 15.1. The van der Waals surface area contributed by atoms with E-state index in [-0.39, 0.29) is 35.9 Å². The Morgan fingerprint density at radius 1 is 1.03 bits per heavy atom. The predicted octanol–water partition coefficient (Wildman–Crippen LogP) is 6.64. The summed E-state index contributed by atoms with van der Waals surface area (Å²) in [5.41, 5.74) is 2.23. The first kappa shape index (κ1) is 28.2. The first-order chi connectivity index (χ1) is 17.2. The van der Waals surface area contributed by atoms with Gasteiger partial charge in [-0.15, -0.1) is 11.8 Å². The number of nitrogens with one attached hydrogen (secondary N) is 1. The number of amides is 2. The second-order valence-corrected chi connectivity index (χ2v) is 11.0. The second kappa shape index (κ2) is 13.8. The molecule has 2 amide bonds. The molecule has 0 saturated heterocycles. The quantitative estimate of drug-likeness (QED) is 0.272. The normalized spacial score (nSPS) is 11.8. The SMILES string of the molecule is CC(C)NC(=O)[C@@H](Cc1ccccc1)N(Cc1cccc(Br)c1)C(=O)CSCc1c(F)cccc1Cl. The molecule has 1 N–H and O–H groups in total. The Balaban J connectivity index is 1.87. The van der Waals surface area contributed by atoms with Crippen molar-refractivity contribution in [2.24, 2.45) is 0 Å². The summed E-state index contributed by atoms with van der Waals surface area (Å²) >= 11 is 10.9. The van der Waals surface area contributed by atoms with Gasteiger partial charge in [-0.1, -0.05) is 76.1 Å². The van der Waals surface area contributed by atoms with E-state index in [0.717, 1.165) is 15.6 Å². The number of benzene rings is 3. The summed E-state index contributed by atoms with van der Waals surface area (Å²) in [6.45, 7) is 4.06. The third kappa shape index (κ3) is 8.36. The zero-order valence-electron chi connectivity index (χ0n) is 20.2. The number of carbonyl (C=O) groups is 2. The van der Waals surface area contributed by atoms with Gasteiger partial charge in [0.1, 0.15) is 11.9 Å². The fourth-order valence-electron chi connectivity index (χ4n) is 3.76. The predicted molar refractivity (Wildman–Crippen MR) is 149 cm³/mol. The van der Waals surface area contributed by atoms with Crippen molar-refractivity contribution in [3.63, 3.8) is 0 Å². The summed E-state index contributed by atoms with van der Waals surface area (Å²) in [7, 11) is 0. The van der Waals surface area contributed by atoms with Gasteiger partial charge < -0.3 is 10.2 Å². The lowest BCUT2D eigenvalue weighted by atomic mass is 10.0. The number of rotatable bonds is 11. The molecule has 4 nitrogen and oxygen atoms in total. The van der Waals surface area contributed by atoms with E-state index in [4.69, 9.17) is 11.6 Å². The van der Waals surface area contributed by atoms with Crippen LogP contribution in [0.4, 0.5) is 4.39 Å². The van der Waals surface area contributed by atoms with Gasteiger partial charge in [0.2, 0.25) is 11.8 Å². The van der Waals surface area contributed by atoms with E-state index in [0.29, 0.717) is 17.0 Å². The van der Waals surface area contributed by atoms with Gasteiger partial charge in [-0.25, -0.2) is 4.39 Å². The van der Waals surface area contributed by atoms with Crippen LogP contribution in [0.1, 0.15) is 30.5 Å². The minimum Gasteiger partial charge on any atom is -0.352 e. The van der Waals surface area contributed by atoms with E-state index in [1.807, 2.05) is 68.4 Å². The third-order valence-corrected chi connectivity index (χ3v) is 7.27. The van der Waals surface area contributed by atoms with Gasteiger partial charge in [0.25, 0.3) is 0 Å². The van der Waals surface area contributed by atoms with Crippen LogP contribution in [-0.2, 0) is 28.3 Å². The molecule has 0 fully saturated rings. The molecular formula is C28H29BrClFN2O2S. The van der Waals surface area contributed by atoms with Gasteiger partial charge in [0.05, 0.1) is 5.75 Å². The van der Waals surface area contributed by atoms with Gasteiger partial charge in [-0.2, -0.15) is 0 Å². The van der Waals surface area contributed by atoms with Crippen LogP contribution < -0.4 is 5.32 Å². The minimum absolute atomic E-state index is 0.0730. The van der Waals surface area contributed by atoms with E-state index < -0.39 is 11.9 Å². The number of thioether (sulfide) groups is 1. The van der Waals surface area contributed by atoms with Gasteiger partial charge in [-0.3, -0.25) is 9.59 Å². The molecule has 0 bridgehead atoms. The average molecular weight is 592 g/mol. The molecule has 0 saturated carbocycles. The molecule has 0 heterocycles. The largest absolute Gasteiger partial charge is 0.352 e. The van der Waals surface area contributed by atoms with Crippen LogP contribution >= 0.6 is 39.3 Å². The molecule has 1 atom stereocenters. The highest BCUT2D eigenvalue weighted by atomic mass is 79.9. The van der Waals surface area contributed by atoms with E-state index in [9.17, 15) is 14.0 Å². The maximum atomic E-state index is 14.2. The van der Waals surface area contributed by atoms with Crippen molar-refractivity contribution < 1.29 is 14.0 Å². The second-order valence-electron chi connectivity index (χ2n) is 8.71. The molecule has 0 aliphatic heterocycles. The maximum absolute atomic E-state index is 14.2. The number of carbonyl (C=O) groups excluding carboxylic acids is 2. The Hall–Kier alpha value is -2.35. The fraction of sp³-hybridized carbons (Fsp3) is 0.286. The fourth-order valence-corrected chi connectivity index (χ4v) is 5.46. The zero-order chi connectivity index (χ0) is 26.1. The lowest BCUT2D eigenvalue weighted by molar-refractivity contribution is -0.139. The van der Waals surface area contributed by atoms with Crippen LogP contribution in [0.25, 0.3) is 0 Å². The van der Waals surface area contributed by atoms with E-state index in [1.54, 1.807) is 17.0 Å². The van der Waals surface area contributed by atoms with Crippen LogP contribution in [0.2, 0.25) is 5.02 Å². The lowest BCUT2D eigenvalue weighted by Crippen LogP contribution is -2.52. The minimum atomic E-state index is -0.709. The van der Waals surface area contributed by atoms with Crippen molar-refractivity contribution in [1.29, 1.82) is 0 Å². The standard InChI is InChI=1S/C28H29BrClFN2O2S/c1-19(2)32-28(35)26(15-20-8-4-3-5-9-20)33(16-21-10-6-11-22(29)14-21)27(34)18-36-17-23-24(30)12-7-13-25(23)31/h3-14,19,26H,15-18H2,1-2H3,(H,32,35)/t26-/m1/s1. The number of nitrogens with zero attached hydrogens (tertiary/aromatic N) is 1. The molecule has 0 aliphatic rings. The number of hydrogen-bond acceptors (Lipinski definition) is 3. The highest BCUT2D eigenvalue weighted by Gasteiger charge is 2.30. The lowest BCUT2D eigenvalue weighted by Gasteiger charge is -2.32. The van der Waals surface area contributed by atoms with Gasteiger partial charge in [0, 0.05) is 39.8 Å². The third-order valence-electron chi connectivity index (χ3n) is 5.48. The van der Waals surface area contributed by atoms with Crippen molar-refractivity contribution in [2.45, 2.75) is 44.6 Å². The number of hydrogen-bond donors (Lipinski definition) is 1. The van der Waals surface area contributed by atoms with E-state index in [2.05, 4.69) is 21.2 Å². The Kier molecular flexibility index (Phi) is 10.8. The van der Waals surface area contributed by atoms with Crippen LogP contribution in [0.15, 0.2) is 77.3 Å². The molecule has 8 heteroatoms. The summed E-state index contributed by atoms with van der Waals surface area (Å²) in [6, 6.07) is 21.1. The van der Waals surface area contributed by atoms with Crippen LogP contribution in [0.3, 0.4) is 0 Å².